The van der Waals surface area contributed by atoms with Crippen LogP contribution >= 0.6 is 23.4 Å². The Morgan fingerprint density at radius 1 is 1.18 bits per heavy atom. The van der Waals surface area contributed by atoms with Crippen molar-refractivity contribution in [1.29, 1.82) is 0 Å². The molecule has 0 aliphatic heterocycles. The summed E-state index contributed by atoms with van der Waals surface area (Å²) in [6, 6.07) is 8.08. The largest absolute Gasteiger partial charge is 0.316 e. The van der Waals surface area contributed by atoms with Crippen molar-refractivity contribution in [3.05, 3.63) is 29.3 Å². The second kappa shape index (κ2) is 7.30. The molecule has 17 heavy (non-hydrogen) atoms. The van der Waals surface area contributed by atoms with Crippen LogP contribution in [0.2, 0.25) is 5.02 Å². The van der Waals surface area contributed by atoms with Gasteiger partial charge in [0.25, 0.3) is 0 Å². The molecule has 2 rings (SSSR count). The Hall–Kier alpha value is -0.180. The molecule has 0 radical (unpaired) electrons. The van der Waals surface area contributed by atoms with Crippen LogP contribution in [0.25, 0.3) is 0 Å². The van der Waals surface area contributed by atoms with Crippen LogP contribution in [0.4, 0.5) is 0 Å². The summed E-state index contributed by atoms with van der Waals surface area (Å²) in [5.74, 6) is 2.07. The Balaban J connectivity index is 1.55. The minimum Gasteiger partial charge on any atom is -0.316 e. The molecule has 0 spiro atoms. The van der Waals surface area contributed by atoms with E-state index in [1.54, 1.807) is 0 Å². The van der Waals surface area contributed by atoms with Crippen molar-refractivity contribution in [1.82, 2.24) is 5.32 Å². The summed E-state index contributed by atoms with van der Waals surface area (Å²) >= 11 is 7.74. The van der Waals surface area contributed by atoms with Crippen molar-refractivity contribution in [3.8, 4) is 0 Å². The van der Waals surface area contributed by atoms with Gasteiger partial charge in [0.15, 0.2) is 0 Å². The number of hydrogen-bond acceptors (Lipinski definition) is 2. The van der Waals surface area contributed by atoms with Crippen LogP contribution in [0.3, 0.4) is 0 Å². The molecular formula is C14H20ClNS. The van der Waals surface area contributed by atoms with Crippen molar-refractivity contribution in [2.24, 2.45) is 5.92 Å². The van der Waals surface area contributed by atoms with E-state index in [9.17, 15) is 0 Å². The van der Waals surface area contributed by atoms with Gasteiger partial charge in [0.1, 0.15) is 0 Å². The summed E-state index contributed by atoms with van der Waals surface area (Å²) in [6.07, 6.45) is 5.73. The maximum Gasteiger partial charge on any atom is 0.0406 e. The predicted octanol–water partition coefficient (Wildman–Crippen LogP) is 4.21. The number of nitrogens with one attached hydrogen (secondary N) is 1. The van der Waals surface area contributed by atoms with Crippen LogP contribution in [0, 0.1) is 5.92 Å². The molecule has 3 heteroatoms. The molecule has 0 saturated heterocycles. The highest BCUT2D eigenvalue weighted by Gasteiger charge is 2.13. The van der Waals surface area contributed by atoms with Gasteiger partial charge in [-0.15, -0.1) is 11.8 Å². The Kier molecular flexibility index (Phi) is 5.69. The van der Waals surface area contributed by atoms with Crippen LogP contribution in [0.15, 0.2) is 29.2 Å². The number of rotatable bonds is 6. The van der Waals surface area contributed by atoms with Crippen LogP contribution in [0.5, 0.6) is 0 Å². The molecule has 0 atom stereocenters. The van der Waals surface area contributed by atoms with Gasteiger partial charge in [-0.3, -0.25) is 0 Å². The molecule has 0 aromatic heterocycles. The third-order valence-corrected chi connectivity index (χ3v) is 4.53. The van der Waals surface area contributed by atoms with Crippen molar-refractivity contribution >= 4 is 23.4 Å². The van der Waals surface area contributed by atoms with Gasteiger partial charge in [-0.05, 0) is 49.6 Å². The van der Waals surface area contributed by atoms with E-state index in [-0.39, 0.29) is 0 Å². The molecule has 94 valence electrons. The lowest BCUT2D eigenvalue weighted by molar-refractivity contribution is 0.500. The van der Waals surface area contributed by atoms with E-state index in [0.717, 1.165) is 23.2 Å². The fourth-order valence-electron chi connectivity index (χ4n) is 2.29. The third kappa shape index (κ3) is 4.90. The van der Waals surface area contributed by atoms with E-state index < -0.39 is 0 Å². The molecule has 0 heterocycles. The molecule has 1 fully saturated rings. The van der Waals surface area contributed by atoms with Crippen LogP contribution < -0.4 is 5.32 Å². The Morgan fingerprint density at radius 3 is 2.59 bits per heavy atom. The van der Waals surface area contributed by atoms with Crippen molar-refractivity contribution in [3.63, 3.8) is 0 Å². The predicted molar refractivity (Wildman–Crippen MR) is 77.0 cm³/mol. The monoisotopic (exact) mass is 269 g/mol. The first-order chi connectivity index (χ1) is 8.34. The Morgan fingerprint density at radius 2 is 1.88 bits per heavy atom. The first-order valence-corrected chi connectivity index (χ1v) is 7.80. The average Bonchev–Trinajstić information content (AvgIpc) is 2.84. The number of halogens is 1. The van der Waals surface area contributed by atoms with E-state index in [4.69, 9.17) is 11.6 Å². The second-order valence-electron chi connectivity index (χ2n) is 4.66. The third-order valence-electron chi connectivity index (χ3n) is 3.27. The molecule has 1 aromatic carbocycles. The van der Waals surface area contributed by atoms with E-state index in [1.807, 2.05) is 23.9 Å². The lowest BCUT2D eigenvalue weighted by Crippen LogP contribution is -2.23. The zero-order valence-electron chi connectivity index (χ0n) is 10.1. The average molecular weight is 270 g/mol. The van der Waals surface area contributed by atoms with Crippen LogP contribution in [-0.2, 0) is 0 Å². The quantitative estimate of drug-likeness (QED) is 0.613. The number of hydrogen-bond donors (Lipinski definition) is 1. The molecule has 1 nitrogen and oxygen atoms in total. The first-order valence-electron chi connectivity index (χ1n) is 6.44. The Bertz CT molecular complexity index is 319. The fraction of sp³-hybridized carbons (Fsp3) is 0.571. The zero-order valence-corrected chi connectivity index (χ0v) is 11.7. The van der Waals surface area contributed by atoms with Gasteiger partial charge in [-0.25, -0.2) is 0 Å². The zero-order chi connectivity index (χ0) is 11.9. The maximum atomic E-state index is 5.85. The van der Waals surface area contributed by atoms with E-state index >= 15 is 0 Å². The lowest BCUT2D eigenvalue weighted by Gasteiger charge is -2.10. The minimum atomic E-state index is 0.814. The summed E-state index contributed by atoms with van der Waals surface area (Å²) in [6.45, 7) is 2.31. The maximum absolute atomic E-state index is 5.85. The summed E-state index contributed by atoms with van der Waals surface area (Å²) in [5.41, 5.74) is 0. The van der Waals surface area contributed by atoms with Gasteiger partial charge in [-0.1, -0.05) is 24.4 Å². The minimum absolute atomic E-state index is 0.814. The lowest BCUT2D eigenvalue weighted by atomic mass is 10.1. The highest BCUT2D eigenvalue weighted by Crippen LogP contribution is 2.24. The van der Waals surface area contributed by atoms with Gasteiger partial charge >= 0.3 is 0 Å². The number of thioether (sulfide) groups is 1. The van der Waals surface area contributed by atoms with Crippen LogP contribution in [0.1, 0.15) is 25.7 Å². The molecule has 0 unspecified atom stereocenters. The van der Waals surface area contributed by atoms with Crippen molar-refractivity contribution in [2.75, 3.05) is 18.8 Å². The molecule has 1 aromatic rings. The van der Waals surface area contributed by atoms with Gasteiger partial charge in [0.05, 0.1) is 0 Å². The molecule has 0 bridgehead atoms. The molecule has 1 aliphatic carbocycles. The summed E-state index contributed by atoms with van der Waals surface area (Å²) in [7, 11) is 0. The van der Waals surface area contributed by atoms with Gasteiger partial charge in [0.2, 0.25) is 0 Å². The summed E-state index contributed by atoms with van der Waals surface area (Å²) in [5, 5.41) is 4.38. The second-order valence-corrected chi connectivity index (χ2v) is 6.26. The Labute approximate surface area is 113 Å². The number of benzene rings is 1. The van der Waals surface area contributed by atoms with Gasteiger partial charge in [0, 0.05) is 22.2 Å². The summed E-state index contributed by atoms with van der Waals surface area (Å²) in [4.78, 5) is 1.30. The standard InChI is InChI=1S/C14H20ClNS/c15-13-5-7-14(8-6-13)17-10-9-16-11-12-3-1-2-4-12/h5-8,12,16H,1-4,9-11H2. The smallest absolute Gasteiger partial charge is 0.0406 e. The van der Waals surface area contributed by atoms with Crippen molar-refractivity contribution < 1.29 is 0 Å². The van der Waals surface area contributed by atoms with E-state index in [2.05, 4.69) is 17.4 Å². The van der Waals surface area contributed by atoms with Gasteiger partial charge < -0.3 is 5.32 Å². The fourth-order valence-corrected chi connectivity index (χ4v) is 3.23. The van der Waals surface area contributed by atoms with Crippen LogP contribution in [-0.4, -0.2) is 18.8 Å². The molecule has 1 aliphatic rings. The molecular weight excluding hydrogens is 250 g/mol. The molecule has 1 N–H and O–H groups in total. The van der Waals surface area contributed by atoms with E-state index in [1.165, 1.54) is 37.1 Å². The van der Waals surface area contributed by atoms with Gasteiger partial charge in [-0.2, -0.15) is 0 Å². The molecule has 0 amide bonds. The summed E-state index contributed by atoms with van der Waals surface area (Å²) < 4.78 is 0. The van der Waals surface area contributed by atoms with Crippen molar-refractivity contribution in [2.45, 2.75) is 30.6 Å². The molecule has 1 saturated carbocycles. The highest BCUT2D eigenvalue weighted by atomic mass is 35.5. The highest BCUT2D eigenvalue weighted by molar-refractivity contribution is 7.99. The normalized spacial score (nSPS) is 16.5. The topological polar surface area (TPSA) is 12.0 Å². The van der Waals surface area contributed by atoms with E-state index in [0.29, 0.717) is 0 Å². The SMILES string of the molecule is Clc1ccc(SCCNCC2CCCC2)cc1. The first kappa shape index (κ1) is 13.3.